The van der Waals surface area contributed by atoms with Gasteiger partial charge in [-0.15, -0.1) is 22.0 Å². The van der Waals surface area contributed by atoms with Crippen molar-refractivity contribution in [2.24, 2.45) is 4.99 Å². The Balaban J connectivity index is 1.59. The van der Waals surface area contributed by atoms with Crippen molar-refractivity contribution in [1.82, 2.24) is 20.0 Å². The molecular weight excluding hydrogens is 431 g/mol. The number of alkyl halides is 3. The van der Waals surface area contributed by atoms with Gasteiger partial charge in [-0.2, -0.15) is 23.5 Å². The Morgan fingerprint density at radius 3 is 2.68 bits per heavy atom. The van der Waals surface area contributed by atoms with E-state index in [1.54, 1.807) is 12.1 Å². The number of nitriles is 1. The number of benzene rings is 1. The molecule has 2 aromatic heterocycles. The third kappa shape index (κ3) is 4.41. The van der Waals surface area contributed by atoms with Crippen LogP contribution >= 0.6 is 11.8 Å². The Morgan fingerprint density at radius 2 is 2.03 bits per heavy atom. The van der Waals surface area contributed by atoms with E-state index in [2.05, 4.69) is 25.6 Å². The molecule has 4 rings (SSSR count). The highest BCUT2D eigenvalue weighted by molar-refractivity contribution is 8.14. The first-order chi connectivity index (χ1) is 14.8. The van der Waals surface area contributed by atoms with Crippen molar-refractivity contribution in [2.75, 3.05) is 17.6 Å². The average Bonchev–Trinajstić information content (AvgIpc) is 3.44. The normalized spacial score (nSPS) is 13.5. The summed E-state index contributed by atoms with van der Waals surface area (Å²) in [7, 11) is 0. The molecule has 156 valence electrons. The highest BCUT2D eigenvalue weighted by Gasteiger charge is 2.37. The molecule has 0 bridgehead atoms. The minimum absolute atomic E-state index is 0.0350. The molecule has 3 aromatic rings. The van der Waals surface area contributed by atoms with E-state index in [0.717, 1.165) is 6.07 Å². The molecule has 0 unspecified atom stereocenters. The predicted molar refractivity (Wildman–Crippen MR) is 107 cm³/mol. The van der Waals surface area contributed by atoms with Gasteiger partial charge < -0.3 is 5.32 Å². The fourth-order valence-corrected chi connectivity index (χ4v) is 3.58. The van der Waals surface area contributed by atoms with E-state index in [1.807, 2.05) is 6.07 Å². The Kier molecular flexibility index (Phi) is 5.43. The van der Waals surface area contributed by atoms with Crippen molar-refractivity contribution < 1.29 is 18.0 Å². The van der Waals surface area contributed by atoms with Crippen LogP contribution in [0, 0.1) is 11.3 Å². The fraction of sp³-hybridized carbons (Fsp3) is 0.158. The van der Waals surface area contributed by atoms with Gasteiger partial charge >= 0.3 is 6.18 Å². The van der Waals surface area contributed by atoms with E-state index >= 15 is 0 Å². The van der Waals surface area contributed by atoms with Crippen LogP contribution in [-0.2, 0) is 6.18 Å². The Bertz CT molecular complexity index is 1210. The van der Waals surface area contributed by atoms with Gasteiger partial charge in [0.2, 0.25) is 0 Å². The van der Waals surface area contributed by atoms with E-state index in [4.69, 9.17) is 5.26 Å². The second-order valence-corrected chi connectivity index (χ2v) is 7.37. The highest BCUT2D eigenvalue weighted by Crippen LogP contribution is 2.32. The SMILES string of the molecule is N#Cc1cccc(C(=O)Nc2ccc(-n3nc(C4=NCCS4)cc3C(F)(F)F)nn2)c1. The molecule has 0 atom stereocenters. The van der Waals surface area contributed by atoms with Gasteiger partial charge in [0, 0.05) is 17.9 Å². The maximum Gasteiger partial charge on any atom is 0.433 e. The molecule has 31 heavy (non-hydrogen) atoms. The smallest absolute Gasteiger partial charge is 0.305 e. The molecule has 1 amide bonds. The van der Waals surface area contributed by atoms with Crippen LogP contribution in [0.25, 0.3) is 5.82 Å². The number of halogens is 3. The van der Waals surface area contributed by atoms with Crippen molar-refractivity contribution in [2.45, 2.75) is 6.18 Å². The van der Waals surface area contributed by atoms with Crippen LogP contribution < -0.4 is 5.32 Å². The molecule has 0 fully saturated rings. The summed E-state index contributed by atoms with van der Waals surface area (Å²) >= 11 is 1.34. The van der Waals surface area contributed by atoms with Gasteiger partial charge in [0.25, 0.3) is 5.91 Å². The number of carbonyl (C=O) groups is 1. The molecule has 0 saturated carbocycles. The fourth-order valence-electron chi connectivity index (χ4n) is 2.78. The van der Waals surface area contributed by atoms with E-state index in [-0.39, 0.29) is 22.9 Å². The van der Waals surface area contributed by atoms with E-state index in [9.17, 15) is 18.0 Å². The van der Waals surface area contributed by atoms with E-state index < -0.39 is 17.8 Å². The minimum Gasteiger partial charge on any atom is -0.305 e. The number of nitrogens with one attached hydrogen (secondary N) is 1. The second kappa shape index (κ2) is 8.19. The maximum atomic E-state index is 13.5. The minimum atomic E-state index is -4.66. The summed E-state index contributed by atoms with van der Waals surface area (Å²) in [4.78, 5) is 16.5. The molecule has 8 nitrogen and oxygen atoms in total. The first-order valence-electron chi connectivity index (χ1n) is 8.85. The highest BCUT2D eigenvalue weighted by atomic mass is 32.2. The Hall–Kier alpha value is -3.72. The van der Waals surface area contributed by atoms with Gasteiger partial charge in [0.1, 0.15) is 10.7 Å². The molecule has 0 spiro atoms. The van der Waals surface area contributed by atoms with Crippen LogP contribution in [0.1, 0.15) is 27.3 Å². The summed E-state index contributed by atoms with van der Waals surface area (Å²) in [5.74, 6) is 0.0295. The Morgan fingerprint density at radius 1 is 1.19 bits per heavy atom. The van der Waals surface area contributed by atoms with Crippen molar-refractivity contribution in [3.8, 4) is 11.9 Å². The lowest BCUT2D eigenvalue weighted by Gasteiger charge is -2.09. The number of anilines is 1. The molecule has 1 aliphatic rings. The second-order valence-electron chi connectivity index (χ2n) is 6.28. The van der Waals surface area contributed by atoms with Crippen molar-refractivity contribution in [3.63, 3.8) is 0 Å². The van der Waals surface area contributed by atoms with Crippen molar-refractivity contribution >= 4 is 28.5 Å². The van der Waals surface area contributed by atoms with Gasteiger partial charge in [0.05, 0.1) is 11.6 Å². The zero-order valence-electron chi connectivity index (χ0n) is 15.6. The van der Waals surface area contributed by atoms with Crippen LogP contribution in [0.4, 0.5) is 19.0 Å². The molecular formula is C19H12F3N7OS. The summed E-state index contributed by atoms with van der Waals surface area (Å²) in [5, 5.41) is 23.4. The van der Waals surface area contributed by atoms with Crippen LogP contribution in [-0.4, -0.2) is 43.2 Å². The summed E-state index contributed by atoms with van der Waals surface area (Å²) in [6, 6.07) is 11.5. The number of thioether (sulfide) groups is 1. The topological polar surface area (TPSA) is 109 Å². The number of rotatable bonds is 4. The molecule has 1 N–H and O–H groups in total. The van der Waals surface area contributed by atoms with Gasteiger partial charge in [0.15, 0.2) is 17.3 Å². The largest absolute Gasteiger partial charge is 0.433 e. The zero-order chi connectivity index (χ0) is 22.0. The van der Waals surface area contributed by atoms with Crippen LogP contribution in [0.5, 0.6) is 0 Å². The Labute approximate surface area is 177 Å². The van der Waals surface area contributed by atoms with Gasteiger partial charge in [-0.25, -0.2) is 4.68 Å². The van der Waals surface area contributed by atoms with Crippen LogP contribution in [0.3, 0.4) is 0 Å². The monoisotopic (exact) mass is 443 g/mol. The number of carbonyl (C=O) groups excluding carboxylic acids is 1. The average molecular weight is 443 g/mol. The number of aliphatic imine (C=N–C) groups is 1. The molecule has 3 heterocycles. The quantitative estimate of drug-likeness (QED) is 0.663. The third-order valence-electron chi connectivity index (χ3n) is 4.17. The summed E-state index contributed by atoms with van der Waals surface area (Å²) in [5.41, 5.74) is -0.340. The summed E-state index contributed by atoms with van der Waals surface area (Å²) in [6.45, 7) is 0.527. The third-order valence-corrected chi connectivity index (χ3v) is 5.17. The van der Waals surface area contributed by atoms with E-state index in [1.165, 1.54) is 36.0 Å². The number of aromatic nitrogens is 4. The first-order valence-corrected chi connectivity index (χ1v) is 9.84. The van der Waals surface area contributed by atoms with Crippen molar-refractivity contribution in [3.05, 3.63) is 65.0 Å². The van der Waals surface area contributed by atoms with Crippen LogP contribution in [0.2, 0.25) is 0 Å². The van der Waals surface area contributed by atoms with Crippen molar-refractivity contribution in [1.29, 1.82) is 5.26 Å². The summed E-state index contributed by atoms with van der Waals surface area (Å²) in [6.07, 6.45) is -4.66. The molecule has 1 aliphatic heterocycles. The molecule has 0 saturated heterocycles. The van der Waals surface area contributed by atoms with Crippen LogP contribution in [0.15, 0.2) is 47.5 Å². The molecule has 1 aromatic carbocycles. The maximum absolute atomic E-state index is 13.5. The lowest BCUT2D eigenvalue weighted by Crippen LogP contribution is -2.16. The predicted octanol–water partition coefficient (Wildman–Crippen LogP) is 3.30. The standard InChI is InChI=1S/C19H12F3N7OS/c20-19(21,22)14-9-13(18-24-6-7-31-18)28-29(14)16-5-4-15(26-27-16)25-17(30)12-3-1-2-11(8-12)10-23/h1-5,8-9H,6-7H2,(H,25,26,30). The number of nitrogens with zero attached hydrogens (tertiary/aromatic N) is 6. The number of hydrogen-bond donors (Lipinski definition) is 1. The lowest BCUT2D eigenvalue weighted by atomic mass is 10.1. The molecule has 0 aliphatic carbocycles. The number of amides is 1. The van der Waals surface area contributed by atoms with Gasteiger partial charge in [-0.05, 0) is 36.4 Å². The van der Waals surface area contributed by atoms with E-state index in [0.29, 0.717) is 27.6 Å². The van der Waals surface area contributed by atoms with Gasteiger partial charge in [-0.1, -0.05) is 6.07 Å². The lowest BCUT2D eigenvalue weighted by molar-refractivity contribution is -0.142. The van der Waals surface area contributed by atoms with Gasteiger partial charge in [-0.3, -0.25) is 9.79 Å². The molecule has 12 heteroatoms. The zero-order valence-corrected chi connectivity index (χ0v) is 16.4. The molecule has 0 radical (unpaired) electrons. The summed E-state index contributed by atoms with van der Waals surface area (Å²) < 4.78 is 41.2. The first kappa shape index (κ1) is 20.5. The number of hydrogen-bond acceptors (Lipinski definition) is 7.